The molecule has 0 aliphatic carbocycles. The van der Waals surface area contributed by atoms with E-state index in [1.54, 1.807) is 0 Å². The van der Waals surface area contributed by atoms with Crippen LogP contribution in [-0.4, -0.2) is 8.07 Å². The first-order valence-electron chi connectivity index (χ1n) is 5.24. The SMILES string of the molecule is CCCCCC/C=C/[Si](C)(C)C. The van der Waals surface area contributed by atoms with Crippen molar-refractivity contribution < 1.29 is 0 Å². The minimum Gasteiger partial charge on any atom is -0.0989 e. The van der Waals surface area contributed by atoms with Gasteiger partial charge in [0.15, 0.2) is 0 Å². The Morgan fingerprint density at radius 1 is 1.00 bits per heavy atom. The first-order valence-corrected chi connectivity index (χ1v) is 8.81. The van der Waals surface area contributed by atoms with E-state index < -0.39 is 8.07 Å². The van der Waals surface area contributed by atoms with Crippen LogP contribution in [0.5, 0.6) is 0 Å². The number of unbranched alkanes of at least 4 members (excludes halogenated alkanes) is 4. The molecule has 0 aromatic carbocycles. The second kappa shape index (κ2) is 6.47. The van der Waals surface area contributed by atoms with E-state index in [4.69, 9.17) is 0 Å². The molecule has 0 fully saturated rings. The van der Waals surface area contributed by atoms with Crippen molar-refractivity contribution in [3.05, 3.63) is 11.8 Å². The normalized spacial score (nSPS) is 12.7. The van der Waals surface area contributed by atoms with Gasteiger partial charge in [-0.15, -0.1) is 0 Å². The van der Waals surface area contributed by atoms with Gasteiger partial charge in [-0.05, 0) is 12.8 Å². The van der Waals surface area contributed by atoms with Gasteiger partial charge in [-0.2, -0.15) is 0 Å². The molecule has 0 rings (SSSR count). The maximum Gasteiger partial charge on any atom is 0.0682 e. The predicted molar refractivity (Wildman–Crippen MR) is 61.2 cm³/mol. The van der Waals surface area contributed by atoms with Crippen molar-refractivity contribution in [1.29, 1.82) is 0 Å². The van der Waals surface area contributed by atoms with Gasteiger partial charge < -0.3 is 0 Å². The van der Waals surface area contributed by atoms with E-state index in [2.05, 4.69) is 38.3 Å². The summed E-state index contributed by atoms with van der Waals surface area (Å²) < 4.78 is 0. The quantitative estimate of drug-likeness (QED) is 0.424. The molecule has 0 N–H and O–H groups in total. The smallest absolute Gasteiger partial charge is 0.0682 e. The minimum atomic E-state index is -0.906. The minimum absolute atomic E-state index is 0.906. The van der Waals surface area contributed by atoms with Gasteiger partial charge in [0.25, 0.3) is 0 Å². The van der Waals surface area contributed by atoms with Crippen molar-refractivity contribution in [2.45, 2.75) is 58.7 Å². The highest BCUT2D eigenvalue weighted by atomic mass is 28.3. The first kappa shape index (κ1) is 12.0. The summed E-state index contributed by atoms with van der Waals surface area (Å²) in [7, 11) is -0.906. The van der Waals surface area contributed by atoms with Crippen molar-refractivity contribution in [2.24, 2.45) is 0 Å². The molecule has 0 saturated heterocycles. The Kier molecular flexibility index (Phi) is 6.45. The Bertz CT molecular complexity index is 119. The molecule has 1 heteroatoms. The molecule has 0 aliphatic heterocycles. The lowest BCUT2D eigenvalue weighted by atomic mass is 10.2. The number of hydrogen-bond acceptors (Lipinski definition) is 0. The summed E-state index contributed by atoms with van der Waals surface area (Å²) in [6.07, 6.45) is 9.23. The Balaban J connectivity index is 3.25. The van der Waals surface area contributed by atoms with Gasteiger partial charge in [-0.3, -0.25) is 0 Å². The highest BCUT2D eigenvalue weighted by Crippen LogP contribution is 2.06. The predicted octanol–water partition coefficient (Wildman–Crippen LogP) is 4.39. The highest BCUT2D eigenvalue weighted by molar-refractivity contribution is 6.80. The van der Waals surface area contributed by atoms with Gasteiger partial charge in [-0.1, -0.05) is 57.6 Å². The van der Waals surface area contributed by atoms with E-state index in [1.807, 2.05) is 0 Å². The van der Waals surface area contributed by atoms with Gasteiger partial charge in [0, 0.05) is 0 Å². The van der Waals surface area contributed by atoms with E-state index in [0.717, 1.165) is 0 Å². The summed E-state index contributed by atoms with van der Waals surface area (Å²) in [6, 6.07) is 0. The number of rotatable bonds is 6. The van der Waals surface area contributed by atoms with Crippen LogP contribution in [0.4, 0.5) is 0 Å². The van der Waals surface area contributed by atoms with Crippen molar-refractivity contribution in [1.82, 2.24) is 0 Å². The Hall–Kier alpha value is -0.0431. The fourth-order valence-electron chi connectivity index (χ4n) is 1.13. The fourth-order valence-corrected chi connectivity index (χ4v) is 2.00. The van der Waals surface area contributed by atoms with E-state index in [1.165, 1.54) is 32.1 Å². The van der Waals surface area contributed by atoms with Gasteiger partial charge in [0.05, 0.1) is 8.07 Å². The Morgan fingerprint density at radius 3 is 2.17 bits per heavy atom. The summed E-state index contributed by atoms with van der Waals surface area (Å²) in [5.41, 5.74) is 2.46. The van der Waals surface area contributed by atoms with Crippen molar-refractivity contribution in [3.8, 4) is 0 Å². The number of allylic oxidation sites excluding steroid dienone is 1. The lowest BCUT2D eigenvalue weighted by molar-refractivity contribution is 0.674. The summed E-state index contributed by atoms with van der Waals surface area (Å²) in [5.74, 6) is 0. The Morgan fingerprint density at radius 2 is 1.67 bits per heavy atom. The van der Waals surface area contributed by atoms with Crippen LogP contribution in [0.3, 0.4) is 0 Å². The molecular weight excluding hydrogens is 160 g/mol. The molecule has 0 unspecified atom stereocenters. The molecular formula is C11H24Si. The maximum absolute atomic E-state index is 2.46. The third-order valence-electron chi connectivity index (χ3n) is 1.84. The topological polar surface area (TPSA) is 0 Å². The van der Waals surface area contributed by atoms with E-state index in [9.17, 15) is 0 Å². The molecule has 0 amide bonds. The molecule has 0 aliphatic rings. The first-order chi connectivity index (χ1) is 5.56. The Labute approximate surface area is 79.1 Å². The zero-order chi connectivity index (χ0) is 9.45. The van der Waals surface area contributed by atoms with Crippen LogP contribution in [0.2, 0.25) is 19.6 Å². The van der Waals surface area contributed by atoms with Crippen molar-refractivity contribution in [2.75, 3.05) is 0 Å². The molecule has 12 heavy (non-hydrogen) atoms. The fraction of sp³-hybridized carbons (Fsp3) is 0.818. The second-order valence-corrected chi connectivity index (χ2v) is 9.68. The third-order valence-corrected chi connectivity index (χ3v) is 3.08. The average molecular weight is 184 g/mol. The second-order valence-electron chi connectivity index (χ2n) is 4.62. The van der Waals surface area contributed by atoms with Crippen LogP contribution in [0.25, 0.3) is 0 Å². The lowest BCUT2D eigenvalue weighted by Crippen LogP contribution is -2.15. The number of hydrogen-bond donors (Lipinski definition) is 0. The van der Waals surface area contributed by atoms with E-state index in [0.29, 0.717) is 0 Å². The zero-order valence-corrected chi connectivity index (χ0v) is 10.2. The molecule has 0 saturated carbocycles. The molecule has 0 nitrogen and oxygen atoms in total. The monoisotopic (exact) mass is 184 g/mol. The summed E-state index contributed by atoms with van der Waals surface area (Å²) >= 11 is 0. The molecule has 0 atom stereocenters. The molecule has 0 heterocycles. The molecule has 0 bridgehead atoms. The molecule has 0 radical (unpaired) electrons. The van der Waals surface area contributed by atoms with Gasteiger partial charge >= 0.3 is 0 Å². The van der Waals surface area contributed by atoms with Gasteiger partial charge in [0.2, 0.25) is 0 Å². The molecule has 0 spiro atoms. The van der Waals surface area contributed by atoms with Crippen LogP contribution in [0, 0.1) is 0 Å². The zero-order valence-electron chi connectivity index (χ0n) is 9.19. The van der Waals surface area contributed by atoms with Gasteiger partial charge in [-0.25, -0.2) is 0 Å². The summed E-state index contributed by atoms with van der Waals surface area (Å²) in [4.78, 5) is 0. The van der Waals surface area contributed by atoms with Crippen molar-refractivity contribution in [3.63, 3.8) is 0 Å². The molecule has 0 aromatic rings. The molecule has 0 aromatic heterocycles. The maximum atomic E-state index is 2.46. The summed E-state index contributed by atoms with van der Waals surface area (Å²) in [5, 5.41) is 0. The standard InChI is InChI=1S/C11H24Si/c1-5-6-7-8-9-10-11-12(2,3)4/h10-11H,5-9H2,1-4H3/b11-10+. The van der Waals surface area contributed by atoms with Gasteiger partial charge in [0.1, 0.15) is 0 Å². The van der Waals surface area contributed by atoms with Crippen LogP contribution in [0.15, 0.2) is 11.8 Å². The van der Waals surface area contributed by atoms with Crippen LogP contribution in [-0.2, 0) is 0 Å². The van der Waals surface area contributed by atoms with Crippen LogP contribution < -0.4 is 0 Å². The van der Waals surface area contributed by atoms with E-state index >= 15 is 0 Å². The van der Waals surface area contributed by atoms with Crippen molar-refractivity contribution >= 4 is 8.07 Å². The molecule has 72 valence electrons. The lowest BCUT2D eigenvalue weighted by Gasteiger charge is -2.07. The van der Waals surface area contributed by atoms with Crippen LogP contribution >= 0.6 is 0 Å². The van der Waals surface area contributed by atoms with Crippen LogP contribution in [0.1, 0.15) is 39.0 Å². The third kappa shape index (κ3) is 9.96. The average Bonchev–Trinajstić information content (AvgIpc) is 1.94. The largest absolute Gasteiger partial charge is 0.0989 e. The van der Waals surface area contributed by atoms with E-state index in [-0.39, 0.29) is 0 Å². The summed E-state index contributed by atoms with van der Waals surface area (Å²) in [6.45, 7) is 9.42. The highest BCUT2D eigenvalue weighted by Gasteiger charge is 2.05.